The maximum Gasteiger partial charge on any atom is 0.259 e. The molecule has 0 amide bonds. The van der Waals surface area contributed by atoms with E-state index in [2.05, 4.69) is 34.7 Å². The number of hydrogen-bond donors (Lipinski definition) is 2. The van der Waals surface area contributed by atoms with Crippen LogP contribution in [0.15, 0.2) is 22.3 Å². The maximum atomic E-state index is 12.6. The molecule has 0 saturated carbocycles. The molecule has 0 spiro atoms. The molecule has 3 aromatic rings. The summed E-state index contributed by atoms with van der Waals surface area (Å²) in [5.41, 5.74) is 1.26. The zero-order chi connectivity index (χ0) is 16.7. The molecule has 6 heteroatoms. The highest BCUT2D eigenvalue weighted by atomic mass is 32.1. The van der Waals surface area contributed by atoms with Crippen LogP contribution in [0.3, 0.4) is 0 Å². The van der Waals surface area contributed by atoms with Crippen molar-refractivity contribution in [1.29, 1.82) is 0 Å². The van der Waals surface area contributed by atoms with Gasteiger partial charge in [-0.2, -0.15) is 0 Å². The Hall–Kier alpha value is -1.50. The van der Waals surface area contributed by atoms with Crippen LogP contribution in [-0.2, 0) is 19.4 Å². The molecule has 0 radical (unpaired) electrons. The summed E-state index contributed by atoms with van der Waals surface area (Å²) in [6.07, 6.45) is 3.25. The third kappa shape index (κ3) is 2.94. The second-order valence-corrected chi connectivity index (χ2v) is 8.78. The molecule has 4 nitrogen and oxygen atoms in total. The standard InChI is InChI=1S/C18H21N3OS2/c1-10-5-6-13-14(8-10)24-18-15(13)17(22)20-16(21-18)11(2)19-9-12-4-3-7-23-12/h3-4,7,10-11,19H,5-6,8-9H2,1-2H3,(H,20,21,22)/t10-,11+/m0/s1. The predicted molar refractivity (Wildman–Crippen MR) is 101 cm³/mol. The number of fused-ring (bicyclic) bond motifs is 3. The Morgan fingerprint density at radius 2 is 2.38 bits per heavy atom. The molecule has 0 fully saturated rings. The van der Waals surface area contributed by atoms with Crippen LogP contribution < -0.4 is 10.9 Å². The zero-order valence-electron chi connectivity index (χ0n) is 13.9. The lowest BCUT2D eigenvalue weighted by Gasteiger charge is -2.17. The number of aromatic nitrogens is 2. The Morgan fingerprint density at radius 3 is 3.17 bits per heavy atom. The number of thiophene rings is 2. The largest absolute Gasteiger partial charge is 0.309 e. The molecule has 3 aromatic heterocycles. The van der Waals surface area contributed by atoms with Gasteiger partial charge < -0.3 is 10.3 Å². The minimum atomic E-state index is 0.0160. The average Bonchev–Trinajstić information content (AvgIpc) is 3.18. The summed E-state index contributed by atoms with van der Waals surface area (Å²) in [7, 11) is 0. The molecular weight excluding hydrogens is 338 g/mol. The van der Waals surface area contributed by atoms with Crippen molar-refractivity contribution in [2.45, 2.75) is 45.7 Å². The summed E-state index contributed by atoms with van der Waals surface area (Å²) in [5.74, 6) is 1.44. The summed E-state index contributed by atoms with van der Waals surface area (Å²) in [5, 5.41) is 6.35. The van der Waals surface area contributed by atoms with Crippen molar-refractivity contribution in [3.8, 4) is 0 Å². The van der Waals surface area contributed by atoms with Crippen molar-refractivity contribution in [1.82, 2.24) is 15.3 Å². The maximum absolute atomic E-state index is 12.6. The number of rotatable bonds is 4. The van der Waals surface area contributed by atoms with Gasteiger partial charge in [0, 0.05) is 16.3 Å². The van der Waals surface area contributed by atoms with Gasteiger partial charge in [-0.25, -0.2) is 4.98 Å². The lowest BCUT2D eigenvalue weighted by Crippen LogP contribution is -2.23. The van der Waals surface area contributed by atoms with Gasteiger partial charge in [0.25, 0.3) is 5.56 Å². The normalized spacial score (nSPS) is 18.7. The van der Waals surface area contributed by atoms with Gasteiger partial charge in [-0.15, -0.1) is 22.7 Å². The molecule has 2 atom stereocenters. The first kappa shape index (κ1) is 16.0. The molecule has 0 aromatic carbocycles. The Balaban J connectivity index is 1.64. The van der Waals surface area contributed by atoms with E-state index in [0.29, 0.717) is 5.92 Å². The van der Waals surface area contributed by atoms with E-state index in [4.69, 9.17) is 4.98 Å². The number of hydrogen-bond acceptors (Lipinski definition) is 5. The van der Waals surface area contributed by atoms with Gasteiger partial charge >= 0.3 is 0 Å². The number of aromatic amines is 1. The van der Waals surface area contributed by atoms with Crippen LogP contribution in [-0.4, -0.2) is 9.97 Å². The van der Waals surface area contributed by atoms with Crippen molar-refractivity contribution >= 4 is 32.9 Å². The van der Waals surface area contributed by atoms with Gasteiger partial charge in [0.15, 0.2) is 0 Å². The van der Waals surface area contributed by atoms with Gasteiger partial charge in [-0.1, -0.05) is 13.0 Å². The van der Waals surface area contributed by atoms with Crippen LogP contribution in [0.2, 0.25) is 0 Å². The second kappa shape index (κ2) is 6.43. The Kier molecular flexibility index (Phi) is 4.28. The highest BCUT2D eigenvalue weighted by Gasteiger charge is 2.23. The first-order valence-electron chi connectivity index (χ1n) is 8.42. The van der Waals surface area contributed by atoms with Crippen molar-refractivity contribution in [3.05, 3.63) is 49.0 Å². The fourth-order valence-electron chi connectivity index (χ4n) is 3.33. The van der Waals surface area contributed by atoms with E-state index in [-0.39, 0.29) is 11.6 Å². The molecule has 0 unspecified atom stereocenters. The number of H-pyrrole nitrogens is 1. The summed E-state index contributed by atoms with van der Waals surface area (Å²) in [6.45, 7) is 5.12. The SMILES string of the molecule is C[C@H]1CCc2c(sc3nc([C@@H](C)NCc4cccs4)[nH]c(=O)c23)C1. The van der Waals surface area contributed by atoms with Crippen molar-refractivity contribution in [3.63, 3.8) is 0 Å². The second-order valence-electron chi connectivity index (χ2n) is 6.67. The third-order valence-corrected chi connectivity index (χ3v) is 6.78. The Morgan fingerprint density at radius 1 is 1.50 bits per heavy atom. The molecule has 1 aliphatic carbocycles. The first-order valence-corrected chi connectivity index (χ1v) is 10.1. The predicted octanol–water partition coefficient (Wildman–Crippen LogP) is 4.02. The smallest absolute Gasteiger partial charge is 0.259 e. The monoisotopic (exact) mass is 359 g/mol. The first-order chi connectivity index (χ1) is 11.6. The minimum absolute atomic E-state index is 0.0160. The van der Waals surface area contributed by atoms with Crippen LogP contribution in [0.1, 0.15) is 47.5 Å². The van der Waals surface area contributed by atoms with E-state index in [9.17, 15) is 4.79 Å². The molecule has 1 aliphatic rings. The van der Waals surface area contributed by atoms with E-state index in [1.54, 1.807) is 22.7 Å². The van der Waals surface area contributed by atoms with Gasteiger partial charge in [0.05, 0.1) is 11.4 Å². The molecule has 3 heterocycles. The summed E-state index contributed by atoms with van der Waals surface area (Å²) >= 11 is 3.44. The van der Waals surface area contributed by atoms with E-state index in [1.807, 2.05) is 6.92 Å². The van der Waals surface area contributed by atoms with Crippen LogP contribution >= 0.6 is 22.7 Å². The molecule has 24 heavy (non-hydrogen) atoms. The van der Waals surface area contributed by atoms with Crippen molar-refractivity contribution in [2.75, 3.05) is 0 Å². The van der Waals surface area contributed by atoms with Gasteiger partial charge in [0.2, 0.25) is 0 Å². The minimum Gasteiger partial charge on any atom is -0.309 e. The van der Waals surface area contributed by atoms with E-state index in [0.717, 1.165) is 35.4 Å². The van der Waals surface area contributed by atoms with E-state index >= 15 is 0 Å². The zero-order valence-corrected chi connectivity index (χ0v) is 15.5. The Labute approximate surface area is 149 Å². The van der Waals surface area contributed by atoms with Gasteiger partial charge in [0.1, 0.15) is 10.7 Å². The van der Waals surface area contributed by atoms with E-state index in [1.165, 1.54) is 21.7 Å². The molecular formula is C18H21N3OS2. The fourth-order valence-corrected chi connectivity index (χ4v) is 5.38. The molecule has 0 aliphatic heterocycles. The lowest BCUT2D eigenvalue weighted by atomic mass is 9.89. The number of nitrogens with one attached hydrogen (secondary N) is 2. The van der Waals surface area contributed by atoms with Crippen LogP contribution in [0.5, 0.6) is 0 Å². The lowest BCUT2D eigenvalue weighted by molar-refractivity contribution is 0.509. The summed E-state index contributed by atoms with van der Waals surface area (Å²) < 4.78 is 0. The Bertz CT molecular complexity index is 910. The van der Waals surface area contributed by atoms with Gasteiger partial charge in [-0.05, 0) is 49.1 Å². The topological polar surface area (TPSA) is 57.8 Å². The fraction of sp³-hybridized carbons (Fsp3) is 0.444. The van der Waals surface area contributed by atoms with Crippen LogP contribution in [0.25, 0.3) is 10.2 Å². The van der Waals surface area contributed by atoms with Crippen molar-refractivity contribution in [2.24, 2.45) is 5.92 Å². The quantitative estimate of drug-likeness (QED) is 0.740. The molecule has 2 N–H and O–H groups in total. The highest BCUT2D eigenvalue weighted by Crippen LogP contribution is 2.35. The number of aryl methyl sites for hydroxylation is 1. The highest BCUT2D eigenvalue weighted by molar-refractivity contribution is 7.18. The average molecular weight is 360 g/mol. The van der Waals surface area contributed by atoms with Crippen LogP contribution in [0.4, 0.5) is 0 Å². The van der Waals surface area contributed by atoms with Crippen LogP contribution in [0, 0.1) is 5.92 Å². The summed E-state index contributed by atoms with van der Waals surface area (Å²) in [4.78, 5) is 24.0. The van der Waals surface area contributed by atoms with E-state index < -0.39 is 0 Å². The third-order valence-electron chi connectivity index (χ3n) is 4.76. The van der Waals surface area contributed by atoms with Crippen molar-refractivity contribution < 1.29 is 0 Å². The summed E-state index contributed by atoms with van der Waals surface area (Å²) in [6, 6.07) is 4.18. The molecule has 0 bridgehead atoms. The number of nitrogens with zero attached hydrogens (tertiary/aromatic N) is 1. The van der Waals surface area contributed by atoms with Gasteiger partial charge in [-0.3, -0.25) is 4.79 Å². The molecule has 126 valence electrons. The molecule has 4 rings (SSSR count). The molecule has 0 saturated heterocycles.